The van der Waals surface area contributed by atoms with Crippen LogP contribution >= 0.6 is 0 Å². The number of carbonyl (C=O) groups is 2. The number of rotatable bonds is 4. The second-order valence-electron chi connectivity index (χ2n) is 6.84. The molecule has 1 amide bonds. The largest absolute Gasteiger partial charge is 0.480 e. The van der Waals surface area contributed by atoms with E-state index in [0.29, 0.717) is 13.0 Å². The number of aliphatic carboxylic acids is 1. The van der Waals surface area contributed by atoms with Gasteiger partial charge in [-0.25, -0.2) is 9.59 Å². The maximum absolute atomic E-state index is 12.6. The first-order valence-corrected chi connectivity index (χ1v) is 8.99. The Labute approximate surface area is 157 Å². The van der Waals surface area contributed by atoms with Crippen molar-refractivity contribution < 1.29 is 24.2 Å². The molecule has 1 N–H and O–H groups in total. The van der Waals surface area contributed by atoms with Gasteiger partial charge >= 0.3 is 12.1 Å². The summed E-state index contributed by atoms with van der Waals surface area (Å²) in [4.78, 5) is 25.4. The Bertz CT molecular complexity index is 835. The lowest BCUT2D eigenvalue weighted by molar-refractivity contribution is -0.145. The van der Waals surface area contributed by atoms with Crippen molar-refractivity contribution in [3.05, 3.63) is 59.7 Å². The van der Waals surface area contributed by atoms with E-state index in [0.717, 1.165) is 22.3 Å². The average Bonchev–Trinajstić information content (AvgIpc) is 3.26. The molecular formula is C21H21NO5. The van der Waals surface area contributed by atoms with Crippen LogP contribution in [0.2, 0.25) is 0 Å². The Balaban J connectivity index is 1.52. The first kappa shape index (κ1) is 17.5. The Morgan fingerprint density at radius 1 is 1.07 bits per heavy atom. The van der Waals surface area contributed by atoms with Crippen LogP contribution < -0.4 is 0 Å². The highest BCUT2D eigenvalue weighted by molar-refractivity contribution is 5.82. The standard InChI is InChI=1S/C21H21NO5/c1-26-18-10-11-22(19(18)20(23)24)21(25)27-12-17-15-8-4-2-6-13(15)14-7-3-5-9-16(14)17/h2-9,17-19H,10-12H2,1H3,(H,23,24)/t18-,19-/m1/s1. The van der Waals surface area contributed by atoms with Crippen molar-refractivity contribution in [3.63, 3.8) is 0 Å². The zero-order chi connectivity index (χ0) is 19.0. The zero-order valence-corrected chi connectivity index (χ0v) is 15.0. The maximum atomic E-state index is 12.6. The lowest BCUT2D eigenvalue weighted by atomic mass is 9.98. The summed E-state index contributed by atoms with van der Waals surface area (Å²) in [5.41, 5.74) is 4.55. The van der Waals surface area contributed by atoms with Gasteiger partial charge < -0.3 is 14.6 Å². The van der Waals surface area contributed by atoms with Crippen LogP contribution in [0.15, 0.2) is 48.5 Å². The number of ether oxygens (including phenoxy) is 2. The van der Waals surface area contributed by atoms with Crippen molar-refractivity contribution >= 4 is 12.1 Å². The van der Waals surface area contributed by atoms with Gasteiger partial charge in [0.25, 0.3) is 0 Å². The van der Waals surface area contributed by atoms with Crippen molar-refractivity contribution in [2.45, 2.75) is 24.5 Å². The molecule has 1 aliphatic carbocycles. The molecule has 0 radical (unpaired) electrons. The van der Waals surface area contributed by atoms with Gasteiger partial charge in [-0.3, -0.25) is 4.90 Å². The Kier molecular flexibility index (Phi) is 4.58. The highest BCUT2D eigenvalue weighted by atomic mass is 16.6. The van der Waals surface area contributed by atoms with Crippen LogP contribution in [0.25, 0.3) is 11.1 Å². The molecule has 2 aromatic carbocycles. The van der Waals surface area contributed by atoms with Crippen LogP contribution in [0.4, 0.5) is 4.79 Å². The van der Waals surface area contributed by atoms with Crippen molar-refractivity contribution in [1.82, 2.24) is 4.90 Å². The van der Waals surface area contributed by atoms with E-state index in [9.17, 15) is 14.7 Å². The van der Waals surface area contributed by atoms with Crippen LogP contribution in [0, 0.1) is 0 Å². The molecule has 0 spiro atoms. The van der Waals surface area contributed by atoms with Gasteiger partial charge in [0.05, 0.1) is 6.10 Å². The van der Waals surface area contributed by atoms with Gasteiger partial charge in [0.2, 0.25) is 0 Å². The molecule has 1 aliphatic heterocycles. The van der Waals surface area contributed by atoms with Crippen LogP contribution in [0.5, 0.6) is 0 Å². The predicted molar refractivity (Wildman–Crippen MR) is 98.6 cm³/mol. The maximum Gasteiger partial charge on any atom is 0.410 e. The van der Waals surface area contributed by atoms with Gasteiger partial charge in [-0.05, 0) is 28.7 Å². The Hall–Kier alpha value is -2.86. The Morgan fingerprint density at radius 3 is 2.22 bits per heavy atom. The summed E-state index contributed by atoms with van der Waals surface area (Å²) in [6, 6.07) is 15.2. The molecule has 0 aromatic heterocycles. The summed E-state index contributed by atoms with van der Waals surface area (Å²) >= 11 is 0. The summed E-state index contributed by atoms with van der Waals surface area (Å²) < 4.78 is 10.8. The predicted octanol–water partition coefficient (Wildman–Crippen LogP) is 3.11. The minimum atomic E-state index is -1.08. The van der Waals surface area contributed by atoms with Crippen molar-refractivity contribution in [1.29, 1.82) is 0 Å². The van der Waals surface area contributed by atoms with Gasteiger partial charge in [-0.1, -0.05) is 48.5 Å². The van der Waals surface area contributed by atoms with Gasteiger partial charge in [0.15, 0.2) is 6.04 Å². The summed E-state index contributed by atoms with van der Waals surface area (Å²) in [6.07, 6.45) is -0.635. The van der Waals surface area contributed by atoms with Crippen LogP contribution in [-0.2, 0) is 14.3 Å². The van der Waals surface area contributed by atoms with E-state index in [1.165, 1.54) is 12.0 Å². The fourth-order valence-electron chi connectivity index (χ4n) is 4.18. The fourth-order valence-corrected chi connectivity index (χ4v) is 4.18. The molecule has 2 atom stereocenters. The molecule has 6 heteroatoms. The third-order valence-corrected chi connectivity index (χ3v) is 5.47. The summed E-state index contributed by atoms with van der Waals surface area (Å²) in [5.74, 6) is -1.13. The van der Waals surface area contributed by atoms with Crippen LogP contribution in [0.1, 0.15) is 23.5 Å². The van der Waals surface area contributed by atoms with Crippen LogP contribution in [0.3, 0.4) is 0 Å². The summed E-state index contributed by atoms with van der Waals surface area (Å²) in [5, 5.41) is 9.44. The molecule has 1 heterocycles. The molecule has 0 bridgehead atoms. The number of hydrogen-bond donors (Lipinski definition) is 1. The Morgan fingerprint density at radius 2 is 1.67 bits per heavy atom. The van der Waals surface area contributed by atoms with E-state index in [1.54, 1.807) is 0 Å². The van der Waals surface area contributed by atoms with Gasteiger partial charge in [0, 0.05) is 19.6 Å². The third kappa shape index (κ3) is 2.96. The minimum absolute atomic E-state index is 0.0505. The molecule has 27 heavy (non-hydrogen) atoms. The van der Waals surface area contributed by atoms with E-state index < -0.39 is 24.2 Å². The number of nitrogens with zero attached hydrogens (tertiary/aromatic N) is 1. The monoisotopic (exact) mass is 367 g/mol. The van der Waals surface area contributed by atoms with Gasteiger partial charge in [0.1, 0.15) is 6.61 Å². The van der Waals surface area contributed by atoms with E-state index >= 15 is 0 Å². The second kappa shape index (κ2) is 7.04. The lowest BCUT2D eigenvalue weighted by Gasteiger charge is -2.24. The highest BCUT2D eigenvalue weighted by Gasteiger charge is 2.43. The fraction of sp³-hybridized carbons (Fsp3) is 0.333. The SMILES string of the molecule is CO[C@@H]1CCN(C(=O)OCC2c3ccccc3-c3ccccc32)[C@H]1C(=O)O. The number of amides is 1. The smallest absolute Gasteiger partial charge is 0.410 e. The summed E-state index contributed by atoms with van der Waals surface area (Å²) in [7, 11) is 1.46. The molecule has 0 saturated carbocycles. The second-order valence-corrected chi connectivity index (χ2v) is 6.84. The number of fused-ring (bicyclic) bond motifs is 3. The first-order chi connectivity index (χ1) is 13.1. The highest BCUT2D eigenvalue weighted by Crippen LogP contribution is 2.44. The molecule has 2 aromatic rings. The number of benzene rings is 2. The minimum Gasteiger partial charge on any atom is -0.480 e. The molecule has 4 rings (SSSR count). The molecule has 1 saturated heterocycles. The third-order valence-electron chi connectivity index (χ3n) is 5.47. The molecule has 0 unspecified atom stereocenters. The lowest BCUT2D eigenvalue weighted by Crippen LogP contribution is -2.46. The van der Waals surface area contributed by atoms with E-state index in [1.807, 2.05) is 36.4 Å². The zero-order valence-electron chi connectivity index (χ0n) is 15.0. The van der Waals surface area contributed by atoms with Crippen molar-refractivity contribution in [2.24, 2.45) is 0 Å². The van der Waals surface area contributed by atoms with Gasteiger partial charge in [-0.2, -0.15) is 0 Å². The molecule has 140 valence electrons. The molecule has 6 nitrogen and oxygen atoms in total. The van der Waals surface area contributed by atoms with E-state index in [2.05, 4.69) is 12.1 Å². The quantitative estimate of drug-likeness (QED) is 0.899. The van der Waals surface area contributed by atoms with E-state index in [-0.39, 0.29) is 12.5 Å². The number of carbonyl (C=O) groups excluding carboxylic acids is 1. The number of carboxylic acid groups (broad SMARTS) is 1. The number of methoxy groups -OCH3 is 1. The molecule has 1 fully saturated rings. The summed E-state index contributed by atoms with van der Waals surface area (Å²) in [6.45, 7) is 0.486. The normalized spacial score (nSPS) is 21.0. The van der Waals surface area contributed by atoms with E-state index in [4.69, 9.17) is 9.47 Å². The van der Waals surface area contributed by atoms with Crippen LogP contribution in [-0.4, -0.2) is 54.5 Å². The average molecular weight is 367 g/mol. The molecule has 2 aliphatic rings. The number of carboxylic acids is 1. The molecular weight excluding hydrogens is 346 g/mol. The van der Waals surface area contributed by atoms with Gasteiger partial charge in [-0.15, -0.1) is 0 Å². The number of hydrogen-bond acceptors (Lipinski definition) is 4. The van der Waals surface area contributed by atoms with Crippen molar-refractivity contribution in [2.75, 3.05) is 20.3 Å². The number of likely N-dealkylation sites (tertiary alicyclic amines) is 1. The van der Waals surface area contributed by atoms with Crippen molar-refractivity contribution in [3.8, 4) is 11.1 Å². The first-order valence-electron chi connectivity index (χ1n) is 8.99. The topological polar surface area (TPSA) is 76.1 Å².